The molecule has 7 fully saturated rings. The minimum atomic E-state index is -1.86. The Hall–Kier alpha value is -12.8. The summed E-state index contributed by atoms with van der Waals surface area (Å²) in [5.74, 6) is 20.6. The Bertz CT molecular complexity index is 5940. The first-order valence-electron chi connectivity index (χ1n) is 43.8. The molecule has 31 nitrogen and oxygen atoms in total. The van der Waals surface area contributed by atoms with Crippen LogP contribution in [0.15, 0.2) is 205 Å². The van der Waals surface area contributed by atoms with Crippen LogP contribution in [0.3, 0.4) is 0 Å². The maximum atomic E-state index is 14.4. The third kappa shape index (κ3) is 20.2. The van der Waals surface area contributed by atoms with E-state index in [-0.39, 0.29) is 106 Å². The van der Waals surface area contributed by atoms with Crippen molar-refractivity contribution in [3.8, 4) is 64.6 Å². The van der Waals surface area contributed by atoms with Gasteiger partial charge in [-0.25, -0.2) is 19.1 Å². The second kappa shape index (κ2) is 40.1. The summed E-state index contributed by atoms with van der Waals surface area (Å²) in [6, 6.07) is 50.9. The highest BCUT2D eigenvalue weighted by Crippen LogP contribution is 2.70. The summed E-state index contributed by atoms with van der Waals surface area (Å²) in [4.78, 5) is 132. The lowest BCUT2D eigenvalue weighted by Gasteiger charge is -2.62. The molecule has 3 saturated heterocycles. The van der Waals surface area contributed by atoms with Crippen molar-refractivity contribution in [1.82, 2.24) is 33.3 Å². The molecule has 4 saturated carbocycles. The second-order valence-corrected chi connectivity index (χ2v) is 36.1. The van der Waals surface area contributed by atoms with Crippen molar-refractivity contribution in [3.63, 3.8) is 0 Å². The fraction of sp³-hybridized carbons (Fsp3) is 0.420. The van der Waals surface area contributed by atoms with E-state index < -0.39 is 143 Å². The Kier molecular flexibility index (Phi) is 28.6. The standard InChI is InChI=1S/C100H105N8O23P/c1-62(2)108(63(3)4)132(125-46-18-45-101)131-83-49-89(128-84(83)56-122-64(5)109)107-55-70(92(114)104-95(107)117)41-44-98-52-67-50-96(60-98,42-39-68-53-105(93(115)102-90(68)112)87-47-81(126-65(6)110)85(129-87)57-123-99(71-19-14-12-15-20-71,73-23-31-77(118-8)32-24-73)74-25-33-78(119-9)34-26-74)59-97(51-67,61-98)43-40-69-54-106(94(116)103-91(69)113)88-48-82(127-66(7)111)86(130-88)58-124-100(72-21-16-13-17-22-72,75-27-35-79(120-10)36-28-75)76-29-37-80(121-11)38-30-76/h12-17,19-38,53-55,62-63,67,81-89H,18,46-52,56-61H2,1-11H3,(H,102,112,115)(H,103,113,116)(H,104,114,117)/t67?,81-,82-,83-,84+,85+,86+,87+,88+,89+,96?,97?,98?,132?/m0/s1. The summed E-state index contributed by atoms with van der Waals surface area (Å²) in [6.45, 7) is 11.1. The number of benzene rings is 6. The normalized spacial score (nSPS) is 23.7. The molecule has 4 bridgehead atoms. The van der Waals surface area contributed by atoms with Crippen LogP contribution >= 0.6 is 8.53 Å². The highest BCUT2D eigenvalue weighted by molar-refractivity contribution is 7.44. The van der Waals surface area contributed by atoms with E-state index in [1.807, 2.05) is 190 Å². The minimum absolute atomic E-state index is 0.0155. The third-order valence-corrected chi connectivity index (χ3v) is 27.2. The molecular weight excluding hydrogens is 1710 g/mol. The molecule has 3 aliphatic heterocycles. The van der Waals surface area contributed by atoms with Crippen LogP contribution in [0.1, 0.15) is 181 Å². The second-order valence-electron chi connectivity index (χ2n) is 34.7. The number of nitrogens with zero attached hydrogens (tertiary/aromatic N) is 5. The molecule has 688 valence electrons. The van der Waals surface area contributed by atoms with Gasteiger partial charge in [0, 0.05) is 87.0 Å². The van der Waals surface area contributed by atoms with Crippen LogP contribution < -0.4 is 52.7 Å². The fourth-order valence-corrected chi connectivity index (χ4v) is 21.6. The van der Waals surface area contributed by atoms with Crippen molar-refractivity contribution in [1.29, 1.82) is 5.26 Å². The van der Waals surface area contributed by atoms with Gasteiger partial charge in [0.15, 0.2) is 0 Å². The largest absolute Gasteiger partial charge is 0.497 e. The Balaban J connectivity index is 0.780. The van der Waals surface area contributed by atoms with Gasteiger partial charge in [-0.1, -0.05) is 145 Å². The SMILES string of the molecule is COc1ccc(C(OC[C@H]2O[C@@H](n3cc(C#CC45CC6CC(C#Cc7cn([C@H]8C[C@H](OC(C)=O)[C@@H](COC(c9ccccc9)(c9ccc(OC)cc9)c9ccc(OC)cc9)O8)c(=O)[nH]c7=O)(C4)CC(C#Cc4cn([C@H]7C[C@H](OP(OCCC#N)N(C(C)C)C(C)C)[C@@H](COC(C)=O)O7)c(=O)[nH]c4=O)(C6)C5)c(=O)[nH]c3=O)C[C@@H]2OC(C)=O)(c2ccccc2)c2ccc(OC)cc2)cc1. The van der Waals surface area contributed by atoms with Gasteiger partial charge in [0.2, 0.25) is 0 Å². The van der Waals surface area contributed by atoms with Gasteiger partial charge in [0.1, 0.15) is 107 Å². The highest BCUT2D eigenvalue weighted by atomic mass is 31.2. The van der Waals surface area contributed by atoms with Crippen LogP contribution in [0.5, 0.6) is 23.0 Å². The van der Waals surface area contributed by atoms with Gasteiger partial charge < -0.3 is 65.9 Å². The molecule has 0 amide bonds. The molecule has 0 radical (unpaired) electrons. The molecule has 6 aromatic carbocycles. The zero-order chi connectivity index (χ0) is 93.4. The summed E-state index contributed by atoms with van der Waals surface area (Å²) < 4.78 is 93.1. The lowest BCUT2D eigenvalue weighted by Crippen LogP contribution is -2.55. The fourth-order valence-electron chi connectivity index (χ4n) is 19.8. The van der Waals surface area contributed by atoms with Crippen molar-refractivity contribution in [2.24, 2.45) is 22.2 Å². The number of methoxy groups -OCH3 is 4. The molecular formula is C100H105N8O23P. The number of aromatic nitrogens is 6. The number of hydrogen-bond acceptors (Lipinski definition) is 25. The van der Waals surface area contributed by atoms with E-state index in [2.05, 4.69) is 56.5 Å². The van der Waals surface area contributed by atoms with E-state index in [1.165, 1.54) is 53.1 Å². The van der Waals surface area contributed by atoms with Crippen LogP contribution in [0.4, 0.5) is 0 Å². The molecule has 12 atom stereocenters. The smallest absolute Gasteiger partial charge is 0.330 e. The molecule has 0 spiro atoms. The van der Waals surface area contributed by atoms with Gasteiger partial charge in [-0.15, -0.1) is 0 Å². The van der Waals surface area contributed by atoms with Gasteiger partial charge >= 0.3 is 35.0 Å². The van der Waals surface area contributed by atoms with Gasteiger partial charge in [0.25, 0.3) is 25.2 Å². The molecule has 9 aromatic rings. The van der Waals surface area contributed by atoms with Crippen molar-refractivity contribution in [3.05, 3.63) is 289 Å². The number of aromatic amines is 3. The first kappa shape index (κ1) is 93.9. The van der Waals surface area contributed by atoms with Crippen LogP contribution in [-0.2, 0) is 72.5 Å². The molecule has 4 aliphatic carbocycles. The Morgan fingerprint density at radius 1 is 0.462 bits per heavy atom. The first-order valence-corrected chi connectivity index (χ1v) is 45.0. The monoisotopic (exact) mass is 1820 g/mol. The summed E-state index contributed by atoms with van der Waals surface area (Å²) in [7, 11) is 4.43. The van der Waals surface area contributed by atoms with Crippen molar-refractivity contribution >= 4 is 26.4 Å². The lowest BCUT2D eigenvalue weighted by atomic mass is 9.40. The zero-order valence-corrected chi connectivity index (χ0v) is 76.0. The molecule has 32 heteroatoms. The number of nitrogens with one attached hydrogen (secondary N) is 3. The number of H-pyrrole nitrogens is 3. The van der Waals surface area contributed by atoms with Crippen molar-refractivity contribution in [2.75, 3.05) is 54.9 Å². The number of ether oxygens (including phenoxy) is 12. The van der Waals surface area contributed by atoms with E-state index >= 15 is 0 Å². The first-order chi connectivity index (χ1) is 63.5. The predicted molar refractivity (Wildman–Crippen MR) is 483 cm³/mol. The van der Waals surface area contributed by atoms with E-state index in [1.54, 1.807) is 28.4 Å². The maximum Gasteiger partial charge on any atom is 0.330 e. The number of carbonyl (C=O) groups excluding carboxylic acids is 3. The highest BCUT2D eigenvalue weighted by Gasteiger charge is 2.63. The van der Waals surface area contributed by atoms with Crippen molar-refractivity contribution < 1.29 is 80.3 Å². The molecule has 16 rings (SSSR count). The molecule has 132 heavy (non-hydrogen) atoms. The Labute approximate surface area is 763 Å². The Morgan fingerprint density at radius 2 is 0.780 bits per heavy atom. The molecule has 3 aromatic heterocycles. The topological polar surface area (TPSA) is 372 Å². The summed E-state index contributed by atoms with van der Waals surface area (Å²) in [6.07, 6.45) is -3.01. The summed E-state index contributed by atoms with van der Waals surface area (Å²) in [5.41, 5.74) is -6.70. The summed E-state index contributed by atoms with van der Waals surface area (Å²) >= 11 is 0. The van der Waals surface area contributed by atoms with Crippen LogP contribution in [0, 0.1) is 69.0 Å². The number of rotatable bonds is 31. The van der Waals surface area contributed by atoms with Crippen LogP contribution in [0.25, 0.3) is 0 Å². The van der Waals surface area contributed by atoms with E-state index in [0.717, 1.165) is 11.1 Å². The predicted octanol–water partition coefficient (Wildman–Crippen LogP) is 11.7. The minimum Gasteiger partial charge on any atom is -0.497 e. The maximum absolute atomic E-state index is 14.4. The average Bonchev–Trinajstić information content (AvgIpc) is 0.889. The van der Waals surface area contributed by atoms with Gasteiger partial charge in [-0.3, -0.25) is 57.4 Å². The Morgan fingerprint density at radius 3 is 1.08 bits per heavy atom. The molecule has 3 N–H and O–H groups in total. The molecule has 3 unspecified atom stereocenters. The average molecular weight is 1820 g/mol. The van der Waals surface area contributed by atoms with E-state index in [0.29, 0.717) is 64.5 Å². The summed E-state index contributed by atoms with van der Waals surface area (Å²) in [5, 5.41) is 9.49. The van der Waals surface area contributed by atoms with Gasteiger partial charge in [-0.2, -0.15) is 5.26 Å². The number of carbonyl (C=O) groups is 3. The van der Waals surface area contributed by atoms with Crippen molar-refractivity contribution in [2.45, 2.75) is 191 Å². The third-order valence-electron chi connectivity index (χ3n) is 25.1. The quantitative estimate of drug-likeness (QED) is 0.00907. The van der Waals surface area contributed by atoms with Crippen LogP contribution in [-0.4, -0.2) is 155 Å². The van der Waals surface area contributed by atoms with Crippen LogP contribution in [0.2, 0.25) is 0 Å². The van der Waals surface area contributed by atoms with E-state index in [9.17, 15) is 48.4 Å². The zero-order valence-electron chi connectivity index (χ0n) is 75.1. The number of nitriles is 1. The lowest BCUT2D eigenvalue weighted by molar-refractivity contribution is -0.154. The molecule has 6 heterocycles. The van der Waals surface area contributed by atoms with Gasteiger partial charge in [0.05, 0.1) is 66.9 Å². The number of hydrogen-bond donors (Lipinski definition) is 3. The van der Waals surface area contributed by atoms with Gasteiger partial charge in [-0.05, 0) is 154 Å². The molecule has 7 aliphatic rings. The number of esters is 3. The van der Waals surface area contributed by atoms with E-state index in [4.69, 9.17) is 65.9 Å².